The zero-order valence-electron chi connectivity index (χ0n) is 14.8. The molecule has 0 atom stereocenters. The first-order valence-corrected chi connectivity index (χ1v) is 7.78. The van der Waals surface area contributed by atoms with Gasteiger partial charge in [-0.2, -0.15) is 9.97 Å². The van der Waals surface area contributed by atoms with Crippen molar-refractivity contribution in [2.45, 2.75) is 6.42 Å². The lowest BCUT2D eigenvalue weighted by Crippen LogP contribution is -2.18. The Hall–Kier alpha value is -2.81. The van der Waals surface area contributed by atoms with Crippen molar-refractivity contribution in [3.63, 3.8) is 0 Å². The summed E-state index contributed by atoms with van der Waals surface area (Å²) in [5, 5.41) is 5.77. The van der Waals surface area contributed by atoms with Crippen LogP contribution in [0, 0.1) is 0 Å². The molecule has 0 unspecified atom stereocenters. The number of furan rings is 1. The molecule has 0 saturated carbocycles. The van der Waals surface area contributed by atoms with E-state index in [-0.39, 0.29) is 23.2 Å². The van der Waals surface area contributed by atoms with E-state index in [1.807, 2.05) is 14.1 Å². The Labute approximate surface area is 146 Å². The van der Waals surface area contributed by atoms with Gasteiger partial charge in [-0.25, -0.2) is 0 Å². The fraction of sp³-hybridized carbons (Fsp3) is 0.438. The number of carbonyl (C=O) groups is 1. The van der Waals surface area contributed by atoms with Crippen molar-refractivity contribution in [3.05, 3.63) is 24.2 Å². The number of carbonyl (C=O) groups excluding carboxylic acids is 1. The van der Waals surface area contributed by atoms with E-state index in [2.05, 4.69) is 25.5 Å². The van der Waals surface area contributed by atoms with Crippen molar-refractivity contribution in [2.24, 2.45) is 0 Å². The van der Waals surface area contributed by atoms with E-state index in [1.54, 1.807) is 12.1 Å². The quantitative estimate of drug-likeness (QED) is 0.660. The minimum absolute atomic E-state index is 0.162. The van der Waals surface area contributed by atoms with Crippen LogP contribution in [0.5, 0.6) is 11.8 Å². The monoisotopic (exact) mass is 349 g/mol. The molecule has 0 aliphatic heterocycles. The minimum Gasteiger partial charge on any atom is -0.479 e. The van der Waals surface area contributed by atoms with Crippen LogP contribution in [0.3, 0.4) is 0 Å². The van der Waals surface area contributed by atoms with Gasteiger partial charge < -0.3 is 29.4 Å². The Morgan fingerprint density at radius 1 is 1.24 bits per heavy atom. The molecule has 25 heavy (non-hydrogen) atoms. The lowest BCUT2D eigenvalue weighted by Gasteiger charge is -2.14. The van der Waals surface area contributed by atoms with Crippen LogP contribution in [0.15, 0.2) is 22.8 Å². The highest BCUT2D eigenvalue weighted by molar-refractivity contribution is 6.03. The van der Waals surface area contributed by atoms with E-state index in [0.29, 0.717) is 12.5 Å². The third kappa shape index (κ3) is 5.08. The maximum Gasteiger partial charge on any atom is 0.291 e. The molecule has 2 aromatic rings. The van der Waals surface area contributed by atoms with Crippen LogP contribution in [-0.2, 0) is 0 Å². The van der Waals surface area contributed by atoms with Crippen LogP contribution >= 0.6 is 0 Å². The molecule has 0 spiro atoms. The number of nitrogens with one attached hydrogen (secondary N) is 2. The first-order valence-electron chi connectivity index (χ1n) is 7.78. The summed E-state index contributed by atoms with van der Waals surface area (Å²) in [4.78, 5) is 22.8. The summed E-state index contributed by atoms with van der Waals surface area (Å²) >= 11 is 0. The van der Waals surface area contributed by atoms with Gasteiger partial charge in [0.2, 0.25) is 17.7 Å². The van der Waals surface area contributed by atoms with Gasteiger partial charge in [-0.1, -0.05) is 0 Å². The standard InChI is InChI=1S/C16H23N5O4/c1-21(2)9-6-8-17-16-19-14(23-3)12(15(20-16)24-4)18-13(22)11-7-5-10-25-11/h5,7,10H,6,8-9H2,1-4H3,(H,18,22)(H,17,19,20). The predicted molar refractivity (Wildman–Crippen MR) is 93.5 cm³/mol. The summed E-state index contributed by atoms with van der Waals surface area (Å²) in [6, 6.07) is 3.18. The molecule has 2 heterocycles. The summed E-state index contributed by atoms with van der Waals surface area (Å²) in [7, 11) is 6.94. The van der Waals surface area contributed by atoms with Gasteiger partial charge in [-0.15, -0.1) is 0 Å². The normalized spacial score (nSPS) is 10.6. The first-order chi connectivity index (χ1) is 12.0. The molecule has 0 aliphatic rings. The highest BCUT2D eigenvalue weighted by atomic mass is 16.5. The summed E-state index contributed by atoms with van der Waals surface area (Å²) in [5.41, 5.74) is 0.241. The minimum atomic E-state index is -0.447. The van der Waals surface area contributed by atoms with Gasteiger partial charge in [0.1, 0.15) is 0 Å². The number of rotatable bonds is 9. The summed E-state index contributed by atoms with van der Waals surface area (Å²) < 4.78 is 15.6. The molecule has 2 N–H and O–H groups in total. The molecule has 0 bridgehead atoms. The van der Waals surface area contributed by atoms with Crippen LogP contribution in [-0.4, -0.2) is 62.2 Å². The van der Waals surface area contributed by atoms with Crippen molar-refractivity contribution in [2.75, 3.05) is 52.0 Å². The van der Waals surface area contributed by atoms with Gasteiger partial charge in [-0.05, 0) is 39.2 Å². The van der Waals surface area contributed by atoms with E-state index in [4.69, 9.17) is 13.9 Å². The lowest BCUT2D eigenvalue weighted by atomic mass is 10.4. The second-order valence-electron chi connectivity index (χ2n) is 5.46. The van der Waals surface area contributed by atoms with Gasteiger partial charge in [0.25, 0.3) is 5.91 Å². The largest absolute Gasteiger partial charge is 0.479 e. The summed E-state index contributed by atoms with van der Waals surface area (Å²) in [5.74, 6) is 0.471. The fourth-order valence-electron chi connectivity index (χ4n) is 2.08. The highest BCUT2D eigenvalue weighted by Crippen LogP contribution is 2.32. The number of ether oxygens (including phenoxy) is 2. The number of aromatic nitrogens is 2. The average molecular weight is 349 g/mol. The maximum atomic E-state index is 12.2. The van der Waals surface area contributed by atoms with Crippen molar-refractivity contribution in [3.8, 4) is 11.8 Å². The molecule has 0 fully saturated rings. The third-order valence-corrected chi connectivity index (χ3v) is 3.28. The molecular formula is C16H23N5O4. The molecule has 0 aliphatic carbocycles. The van der Waals surface area contributed by atoms with Gasteiger partial charge >= 0.3 is 0 Å². The molecule has 136 valence electrons. The van der Waals surface area contributed by atoms with Gasteiger partial charge in [-0.3, -0.25) is 4.79 Å². The number of nitrogens with zero attached hydrogens (tertiary/aromatic N) is 3. The molecule has 2 rings (SSSR count). The molecule has 2 aromatic heterocycles. The Kier molecular flexibility index (Phi) is 6.58. The van der Waals surface area contributed by atoms with E-state index in [1.165, 1.54) is 20.5 Å². The Bertz CT molecular complexity index is 663. The molecule has 1 amide bonds. The van der Waals surface area contributed by atoms with Gasteiger partial charge in [0.05, 0.1) is 20.5 Å². The van der Waals surface area contributed by atoms with E-state index >= 15 is 0 Å². The first kappa shape index (κ1) is 18.5. The third-order valence-electron chi connectivity index (χ3n) is 3.28. The van der Waals surface area contributed by atoms with Crippen LogP contribution in [0.1, 0.15) is 17.0 Å². The van der Waals surface area contributed by atoms with Crippen molar-refractivity contribution in [1.82, 2.24) is 14.9 Å². The second kappa shape index (κ2) is 8.88. The number of amides is 1. The van der Waals surface area contributed by atoms with Crippen molar-refractivity contribution >= 4 is 17.5 Å². The Morgan fingerprint density at radius 3 is 2.44 bits per heavy atom. The van der Waals surface area contributed by atoms with Gasteiger partial charge in [0.15, 0.2) is 11.4 Å². The van der Waals surface area contributed by atoms with Crippen LogP contribution in [0.25, 0.3) is 0 Å². The molecular weight excluding hydrogens is 326 g/mol. The SMILES string of the molecule is COc1nc(NCCCN(C)C)nc(OC)c1NC(=O)c1ccco1. The molecule has 9 nitrogen and oxygen atoms in total. The summed E-state index contributed by atoms with van der Waals surface area (Å²) in [6.45, 7) is 1.64. The molecule has 0 aromatic carbocycles. The lowest BCUT2D eigenvalue weighted by molar-refractivity contribution is 0.0995. The maximum absolute atomic E-state index is 12.2. The summed E-state index contributed by atoms with van der Waals surface area (Å²) in [6.07, 6.45) is 2.35. The number of anilines is 2. The second-order valence-corrected chi connectivity index (χ2v) is 5.46. The topological polar surface area (TPSA) is 102 Å². The number of hydrogen-bond donors (Lipinski definition) is 2. The molecule has 0 saturated heterocycles. The van der Waals surface area contributed by atoms with E-state index < -0.39 is 5.91 Å². The smallest absolute Gasteiger partial charge is 0.291 e. The molecule has 0 radical (unpaired) electrons. The van der Waals surface area contributed by atoms with Crippen LogP contribution in [0.4, 0.5) is 11.6 Å². The Morgan fingerprint density at radius 2 is 1.92 bits per heavy atom. The van der Waals surface area contributed by atoms with Crippen molar-refractivity contribution in [1.29, 1.82) is 0 Å². The number of methoxy groups -OCH3 is 2. The zero-order valence-corrected chi connectivity index (χ0v) is 14.8. The van der Waals surface area contributed by atoms with Crippen LogP contribution in [0.2, 0.25) is 0 Å². The highest BCUT2D eigenvalue weighted by Gasteiger charge is 2.20. The average Bonchev–Trinajstić information content (AvgIpc) is 3.13. The Balaban J connectivity index is 2.14. The number of hydrogen-bond acceptors (Lipinski definition) is 8. The van der Waals surface area contributed by atoms with Gasteiger partial charge in [0, 0.05) is 6.54 Å². The molecule has 9 heteroatoms. The predicted octanol–water partition coefficient (Wildman–Crippen LogP) is 1.70. The zero-order chi connectivity index (χ0) is 18.2. The fourth-order valence-corrected chi connectivity index (χ4v) is 2.08. The van der Waals surface area contributed by atoms with E-state index in [0.717, 1.165) is 13.0 Å². The van der Waals surface area contributed by atoms with Crippen molar-refractivity contribution < 1.29 is 18.7 Å². The van der Waals surface area contributed by atoms with Crippen LogP contribution < -0.4 is 20.1 Å². The van der Waals surface area contributed by atoms with E-state index in [9.17, 15) is 4.79 Å².